The van der Waals surface area contributed by atoms with Crippen molar-refractivity contribution in [1.29, 1.82) is 0 Å². The highest BCUT2D eigenvalue weighted by Gasteiger charge is 2.27. The zero-order valence-electron chi connectivity index (χ0n) is 12.4. The average molecular weight is 289 g/mol. The molecule has 1 aromatic rings. The minimum absolute atomic E-state index is 0.0156. The fourth-order valence-electron chi connectivity index (χ4n) is 3.48. The first-order chi connectivity index (χ1) is 10.2. The highest BCUT2D eigenvalue weighted by molar-refractivity contribution is 5.94. The summed E-state index contributed by atoms with van der Waals surface area (Å²) in [4.78, 5) is 30.7. The van der Waals surface area contributed by atoms with Gasteiger partial charge in [-0.2, -0.15) is 0 Å². The Morgan fingerprint density at radius 1 is 1.10 bits per heavy atom. The zero-order valence-corrected chi connectivity index (χ0v) is 12.4. The second-order valence-corrected chi connectivity index (χ2v) is 6.06. The molecule has 0 bridgehead atoms. The Labute approximate surface area is 124 Å². The van der Waals surface area contributed by atoms with Gasteiger partial charge in [0.2, 0.25) is 5.56 Å². The lowest BCUT2D eigenvalue weighted by Crippen LogP contribution is -2.48. The summed E-state index contributed by atoms with van der Waals surface area (Å²) in [6, 6.07) is 3.70. The van der Waals surface area contributed by atoms with Crippen LogP contribution < -0.4 is 5.56 Å². The molecule has 0 radical (unpaired) electrons. The van der Waals surface area contributed by atoms with Crippen molar-refractivity contribution in [3.05, 3.63) is 34.2 Å². The number of nitrogens with zero attached hydrogens (tertiary/aromatic N) is 2. The molecule has 1 N–H and O–H groups in total. The van der Waals surface area contributed by atoms with E-state index in [4.69, 9.17) is 0 Å². The number of nitrogens with one attached hydrogen (secondary N) is 1. The maximum Gasteiger partial charge on any atom is 0.254 e. The molecule has 0 unspecified atom stereocenters. The highest BCUT2D eigenvalue weighted by atomic mass is 16.2. The van der Waals surface area contributed by atoms with E-state index in [2.05, 4.69) is 9.88 Å². The molecule has 2 aliphatic rings. The van der Waals surface area contributed by atoms with Crippen LogP contribution in [0.25, 0.3) is 0 Å². The summed E-state index contributed by atoms with van der Waals surface area (Å²) in [7, 11) is 0. The Hall–Kier alpha value is -1.62. The molecule has 0 aliphatic carbocycles. The van der Waals surface area contributed by atoms with Gasteiger partial charge in [-0.15, -0.1) is 0 Å². The van der Waals surface area contributed by atoms with Crippen LogP contribution in [0.4, 0.5) is 0 Å². The van der Waals surface area contributed by atoms with Gasteiger partial charge in [-0.25, -0.2) is 0 Å². The van der Waals surface area contributed by atoms with Crippen molar-refractivity contribution in [3.63, 3.8) is 0 Å². The van der Waals surface area contributed by atoms with Crippen LogP contribution in [0.2, 0.25) is 0 Å². The first kappa shape index (κ1) is 14.3. The number of hydrogen-bond acceptors (Lipinski definition) is 3. The smallest absolute Gasteiger partial charge is 0.254 e. The van der Waals surface area contributed by atoms with E-state index in [0.717, 1.165) is 25.9 Å². The standard InChI is InChI=1S/C16H23N3O2/c20-15-12-13(4-7-17-15)16(21)19-10-5-14(6-11-19)18-8-2-1-3-9-18/h4,7,12,14H,1-3,5-6,8-11H2,(H,17,20). The molecular formula is C16H23N3O2. The second kappa shape index (κ2) is 6.43. The monoisotopic (exact) mass is 289 g/mol. The lowest BCUT2D eigenvalue weighted by atomic mass is 9.99. The van der Waals surface area contributed by atoms with E-state index < -0.39 is 0 Å². The number of H-pyrrole nitrogens is 1. The van der Waals surface area contributed by atoms with Crippen LogP contribution in [0.1, 0.15) is 42.5 Å². The number of likely N-dealkylation sites (tertiary alicyclic amines) is 2. The Bertz CT molecular complexity index is 540. The third-order valence-corrected chi connectivity index (χ3v) is 4.68. The molecule has 0 spiro atoms. The molecular weight excluding hydrogens is 266 g/mol. The molecule has 2 saturated heterocycles. The first-order valence-electron chi connectivity index (χ1n) is 7.96. The van der Waals surface area contributed by atoms with Crippen molar-refractivity contribution in [1.82, 2.24) is 14.8 Å². The normalized spacial score (nSPS) is 21.4. The summed E-state index contributed by atoms with van der Waals surface area (Å²) in [5.41, 5.74) is 0.277. The molecule has 1 aromatic heterocycles. The van der Waals surface area contributed by atoms with Gasteiger partial charge in [0.1, 0.15) is 0 Å². The van der Waals surface area contributed by atoms with Gasteiger partial charge in [0, 0.05) is 37.0 Å². The molecule has 2 fully saturated rings. The quantitative estimate of drug-likeness (QED) is 0.897. The van der Waals surface area contributed by atoms with Crippen molar-refractivity contribution < 1.29 is 4.79 Å². The van der Waals surface area contributed by atoms with Gasteiger partial charge in [-0.05, 0) is 44.8 Å². The maximum atomic E-state index is 12.4. The summed E-state index contributed by atoms with van der Waals surface area (Å²) in [5.74, 6) is -0.0156. The minimum Gasteiger partial charge on any atom is -0.339 e. The number of pyridine rings is 1. The molecule has 3 rings (SSSR count). The number of carbonyl (C=O) groups excluding carboxylic acids is 1. The largest absolute Gasteiger partial charge is 0.339 e. The van der Waals surface area contributed by atoms with E-state index in [-0.39, 0.29) is 11.5 Å². The van der Waals surface area contributed by atoms with Crippen LogP contribution >= 0.6 is 0 Å². The molecule has 0 aromatic carbocycles. The molecule has 2 aliphatic heterocycles. The molecule has 114 valence electrons. The minimum atomic E-state index is -0.218. The fourth-order valence-corrected chi connectivity index (χ4v) is 3.48. The number of carbonyl (C=O) groups is 1. The van der Waals surface area contributed by atoms with Crippen molar-refractivity contribution in [2.24, 2.45) is 0 Å². The van der Waals surface area contributed by atoms with E-state index in [0.29, 0.717) is 11.6 Å². The van der Waals surface area contributed by atoms with Crippen molar-refractivity contribution in [2.75, 3.05) is 26.2 Å². The summed E-state index contributed by atoms with van der Waals surface area (Å²) in [6.45, 7) is 4.03. The van der Waals surface area contributed by atoms with Gasteiger partial charge >= 0.3 is 0 Å². The molecule has 0 saturated carbocycles. The zero-order chi connectivity index (χ0) is 14.7. The Balaban J connectivity index is 1.57. The summed E-state index contributed by atoms with van der Waals surface area (Å²) in [6.07, 6.45) is 7.62. The topological polar surface area (TPSA) is 56.4 Å². The first-order valence-corrected chi connectivity index (χ1v) is 7.96. The average Bonchev–Trinajstić information content (AvgIpc) is 2.55. The highest BCUT2D eigenvalue weighted by Crippen LogP contribution is 2.21. The summed E-state index contributed by atoms with van der Waals surface area (Å²) in [5, 5.41) is 0. The van der Waals surface area contributed by atoms with Crippen LogP contribution in [0.3, 0.4) is 0 Å². The van der Waals surface area contributed by atoms with Gasteiger partial charge in [0.25, 0.3) is 5.91 Å². The van der Waals surface area contributed by atoms with Gasteiger partial charge in [-0.3, -0.25) is 9.59 Å². The lowest BCUT2D eigenvalue weighted by Gasteiger charge is -2.40. The Kier molecular flexibility index (Phi) is 4.39. The molecule has 3 heterocycles. The predicted octanol–water partition coefficient (Wildman–Crippen LogP) is 1.47. The predicted molar refractivity (Wildman–Crippen MR) is 81.4 cm³/mol. The molecule has 1 amide bonds. The Morgan fingerprint density at radius 3 is 2.48 bits per heavy atom. The summed E-state index contributed by atoms with van der Waals surface area (Å²) >= 11 is 0. The van der Waals surface area contributed by atoms with E-state index in [1.54, 1.807) is 6.07 Å². The molecule has 5 heteroatoms. The third kappa shape index (κ3) is 3.35. The van der Waals surface area contributed by atoms with E-state index in [1.807, 2.05) is 4.90 Å². The van der Waals surface area contributed by atoms with Gasteiger partial charge in [0.05, 0.1) is 0 Å². The number of rotatable bonds is 2. The Morgan fingerprint density at radius 2 is 1.81 bits per heavy atom. The van der Waals surface area contributed by atoms with Crippen molar-refractivity contribution in [2.45, 2.75) is 38.1 Å². The van der Waals surface area contributed by atoms with Crippen LogP contribution in [-0.4, -0.2) is 52.9 Å². The van der Waals surface area contributed by atoms with Gasteiger partial charge in [-0.1, -0.05) is 6.42 Å². The van der Waals surface area contributed by atoms with E-state index in [9.17, 15) is 9.59 Å². The number of aromatic amines is 1. The van der Waals surface area contributed by atoms with Crippen molar-refractivity contribution in [3.8, 4) is 0 Å². The fraction of sp³-hybridized carbons (Fsp3) is 0.625. The lowest BCUT2D eigenvalue weighted by molar-refractivity contribution is 0.0589. The van der Waals surface area contributed by atoms with Crippen LogP contribution in [0, 0.1) is 0 Å². The van der Waals surface area contributed by atoms with E-state index in [1.165, 1.54) is 44.6 Å². The molecule has 21 heavy (non-hydrogen) atoms. The molecule has 5 nitrogen and oxygen atoms in total. The second-order valence-electron chi connectivity index (χ2n) is 6.06. The van der Waals surface area contributed by atoms with Gasteiger partial charge < -0.3 is 14.8 Å². The maximum absolute atomic E-state index is 12.4. The van der Waals surface area contributed by atoms with Crippen LogP contribution in [0.5, 0.6) is 0 Å². The number of aromatic nitrogens is 1. The molecule has 0 atom stereocenters. The van der Waals surface area contributed by atoms with Crippen LogP contribution in [0.15, 0.2) is 23.1 Å². The van der Waals surface area contributed by atoms with Gasteiger partial charge in [0.15, 0.2) is 0 Å². The third-order valence-electron chi connectivity index (χ3n) is 4.68. The van der Waals surface area contributed by atoms with Crippen LogP contribution in [-0.2, 0) is 0 Å². The SMILES string of the molecule is O=C(c1cc[nH]c(=O)c1)N1CCC(N2CCCCC2)CC1. The number of hydrogen-bond donors (Lipinski definition) is 1. The number of amides is 1. The van der Waals surface area contributed by atoms with E-state index >= 15 is 0 Å². The summed E-state index contributed by atoms with van der Waals surface area (Å²) < 4.78 is 0. The number of piperidine rings is 2. The van der Waals surface area contributed by atoms with Crippen molar-refractivity contribution >= 4 is 5.91 Å².